The third-order valence-corrected chi connectivity index (χ3v) is 5.90. The molecule has 4 aromatic rings. The number of hydrogen-bond acceptors (Lipinski definition) is 5. The molecule has 4 rings (SSSR count). The zero-order chi connectivity index (χ0) is 23.7. The van der Waals surface area contributed by atoms with Crippen LogP contribution in [0.5, 0.6) is 0 Å². The van der Waals surface area contributed by atoms with Crippen molar-refractivity contribution in [3.63, 3.8) is 0 Å². The number of H-pyrrole nitrogens is 1. The summed E-state index contributed by atoms with van der Waals surface area (Å²) in [5.74, 6) is 0.657. The Balaban J connectivity index is 1.56. The Morgan fingerprint density at radius 1 is 1.18 bits per heavy atom. The molecule has 1 aromatic carbocycles. The number of aldehydes is 1. The van der Waals surface area contributed by atoms with Crippen LogP contribution >= 0.6 is 23.2 Å². The Labute approximate surface area is 199 Å². The van der Waals surface area contributed by atoms with E-state index < -0.39 is 0 Å². The molecule has 2 N–H and O–H groups in total. The van der Waals surface area contributed by atoms with E-state index in [-0.39, 0.29) is 24.1 Å². The number of urea groups is 1. The van der Waals surface area contributed by atoms with Crippen LogP contribution in [0.1, 0.15) is 16.2 Å². The van der Waals surface area contributed by atoms with Crippen molar-refractivity contribution in [3.8, 4) is 0 Å². The number of halogens is 2. The highest BCUT2D eigenvalue weighted by Gasteiger charge is 2.24. The Morgan fingerprint density at radius 2 is 1.88 bits per heavy atom. The van der Waals surface area contributed by atoms with Crippen LogP contribution in [-0.4, -0.2) is 50.8 Å². The van der Waals surface area contributed by atoms with Gasteiger partial charge >= 0.3 is 6.03 Å². The second-order valence-corrected chi connectivity index (χ2v) is 8.31. The summed E-state index contributed by atoms with van der Waals surface area (Å²) in [6.45, 7) is 0.274. The maximum atomic E-state index is 13.1. The predicted octanol–water partition coefficient (Wildman–Crippen LogP) is 4.85. The van der Waals surface area contributed by atoms with Crippen molar-refractivity contribution < 1.29 is 9.59 Å². The van der Waals surface area contributed by atoms with Gasteiger partial charge in [-0.05, 0) is 30.3 Å². The van der Waals surface area contributed by atoms with Crippen LogP contribution < -0.4 is 10.2 Å². The molecule has 0 saturated carbocycles. The average molecular weight is 486 g/mol. The summed E-state index contributed by atoms with van der Waals surface area (Å²) in [7, 11) is 4.93. The second kappa shape index (κ2) is 9.13. The summed E-state index contributed by atoms with van der Waals surface area (Å²) in [5.41, 5.74) is 2.50. The average Bonchev–Trinajstić information content (AvgIpc) is 3.38. The van der Waals surface area contributed by atoms with Crippen LogP contribution in [0.25, 0.3) is 10.9 Å². The van der Waals surface area contributed by atoms with Gasteiger partial charge < -0.3 is 19.8 Å². The molecule has 11 heteroatoms. The first kappa shape index (κ1) is 22.6. The molecule has 0 aliphatic rings. The van der Waals surface area contributed by atoms with Crippen molar-refractivity contribution in [1.82, 2.24) is 24.4 Å². The molecule has 0 bridgehead atoms. The monoisotopic (exact) mass is 485 g/mol. The van der Waals surface area contributed by atoms with E-state index in [2.05, 4.69) is 20.3 Å². The lowest BCUT2D eigenvalue weighted by molar-refractivity contribution is 0.111. The van der Waals surface area contributed by atoms with Gasteiger partial charge in [-0.1, -0.05) is 23.2 Å². The molecule has 0 fully saturated rings. The van der Waals surface area contributed by atoms with Crippen LogP contribution in [0.15, 0.2) is 42.7 Å². The van der Waals surface area contributed by atoms with Gasteiger partial charge in [0.05, 0.1) is 22.1 Å². The topological polar surface area (TPSA) is 99.2 Å². The van der Waals surface area contributed by atoms with Gasteiger partial charge in [-0.25, -0.2) is 4.79 Å². The summed E-state index contributed by atoms with van der Waals surface area (Å²) >= 11 is 12.5. The number of fused-ring (bicyclic) bond motifs is 1. The number of aromatic nitrogens is 4. The molecule has 3 heterocycles. The predicted molar refractivity (Wildman–Crippen MR) is 130 cm³/mol. The fourth-order valence-electron chi connectivity index (χ4n) is 3.51. The van der Waals surface area contributed by atoms with Gasteiger partial charge in [-0.3, -0.25) is 14.7 Å². The standard InChI is InChI=1S/C22H21Cl2N7O2/c1-29(11-14-10-15-16(23)4-5-17(24)19(15)26-14)22(33)31(3)20-18(12-32)30(2)21(28-20)27-13-6-8-25-9-7-13/h4-10,12,26H,11H2,1-3H3,(H,25,27,28). The van der Waals surface area contributed by atoms with E-state index in [1.807, 2.05) is 6.07 Å². The summed E-state index contributed by atoms with van der Waals surface area (Å²) in [6, 6.07) is 8.51. The third kappa shape index (κ3) is 4.37. The lowest BCUT2D eigenvalue weighted by Gasteiger charge is -2.23. The van der Waals surface area contributed by atoms with Crippen molar-refractivity contribution in [3.05, 3.63) is 64.2 Å². The molecule has 3 aromatic heterocycles. The van der Waals surface area contributed by atoms with Crippen LogP contribution in [0.2, 0.25) is 10.0 Å². The maximum absolute atomic E-state index is 13.1. The molecular formula is C22H21Cl2N7O2. The number of nitrogens with zero attached hydrogens (tertiary/aromatic N) is 5. The number of amides is 2. The SMILES string of the molecule is CN(Cc1cc2c(Cl)ccc(Cl)c2[nH]1)C(=O)N(C)c1nc(Nc2ccncc2)n(C)c1C=O. The lowest BCUT2D eigenvalue weighted by Crippen LogP contribution is -2.39. The minimum atomic E-state index is -0.345. The molecule has 0 atom stereocenters. The lowest BCUT2D eigenvalue weighted by atomic mass is 10.2. The first-order valence-corrected chi connectivity index (χ1v) is 10.7. The van der Waals surface area contributed by atoms with E-state index >= 15 is 0 Å². The Bertz CT molecular complexity index is 1290. The van der Waals surface area contributed by atoms with E-state index in [0.29, 0.717) is 27.8 Å². The number of aromatic amines is 1. The van der Waals surface area contributed by atoms with Crippen LogP contribution in [0.4, 0.5) is 22.2 Å². The van der Waals surface area contributed by atoms with Gasteiger partial charge in [0, 0.05) is 50.3 Å². The van der Waals surface area contributed by atoms with Crippen LogP contribution in [0.3, 0.4) is 0 Å². The number of carbonyl (C=O) groups is 2. The zero-order valence-corrected chi connectivity index (χ0v) is 19.6. The number of pyridine rings is 1. The summed E-state index contributed by atoms with van der Waals surface area (Å²) < 4.78 is 1.59. The molecule has 0 unspecified atom stereocenters. The Kier molecular flexibility index (Phi) is 6.26. The van der Waals surface area contributed by atoms with E-state index in [9.17, 15) is 9.59 Å². The number of imidazole rings is 1. The maximum Gasteiger partial charge on any atom is 0.325 e. The number of benzene rings is 1. The highest BCUT2D eigenvalue weighted by atomic mass is 35.5. The van der Waals surface area contributed by atoms with Gasteiger partial charge in [0.2, 0.25) is 5.95 Å². The highest BCUT2D eigenvalue weighted by Crippen LogP contribution is 2.30. The van der Waals surface area contributed by atoms with Crippen molar-refractivity contribution in [1.29, 1.82) is 0 Å². The van der Waals surface area contributed by atoms with Gasteiger partial charge in [-0.2, -0.15) is 4.98 Å². The Morgan fingerprint density at radius 3 is 2.55 bits per heavy atom. The molecular weight excluding hydrogens is 465 g/mol. The minimum absolute atomic E-state index is 0.239. The second-order valence-electron chi connectivity index (χ2n) is 7.49. The first-order valence-electron chi connectivity index (χ1n) is 9.93. The normalized spacial score (nSPS) is 10.9. The van der Waals surface area contributed by atoms with E-state index in [1.165, 1.54) is 9.80 Å². The number of carbonyl (C=O) groups excluding carboxylic acids is 2. The van der Waals surface area contributed by atoms with E-state index in [4.69, 9.17) is 23.2 Å². The van der Waals surface area contributed by atoms with Crippen molar-refractivity contribution >= 4 is 63.9 Å². The minimum Gasteiger partial charge on any atom is -0.356 e. The molecule has 33 heavy (non-hydrogen) atoms. The molecule has 0 saturated heterocycles. The number of anilines is 3. The van der Waals surface area contributed by atoms with Gasteiger partial charge in [-0.15, -0.1) is 0 Å². The highest BCUT2D eigenvalue weighted by molar-refractivity contribution is 6.39. The number of hydrogen-bond donors (Lipinski definition) is 2. The molecule has 9 nitrogen and oxygen atoms in total. The fraction of sp³-hybridized carbons (Fsp3) is 0.182. The van der Waals surface area contributed by atoms with Crippen molar-refractivity contribution in [2.75, 3.05) is 24.3 Å². The summed E-state index contributed by atoms with van der Waals surface area (Å²) in [6.07, 6.45) is 3.95. The molecule has 2 amide bonds. The van der Waals surface area contributed by atoms with Crippen molar-refractivity contribution in [2.45, 2.75) is 6.54 Å². The molecule has 0 aliphatic heterocycles. The van der Waals surface area contributed by atoms with E-state index in [1.54, 1.807) is 62.4 Å². The fourth-order valence-corrected chi connectivity index (χ4v) is 3.94. The quantitative estimate of drug-likeness (QED) is 0.380. The van der Waals surface area contributed by atoms with Gasteiger partial charge in [0.15, 0.2) is 12.1 Å². The Hall–Kier alpha value is -3.56. The van der Waals surface area contributed by atoms with Crippen LogP contribution in [0, 0.1) is 0 Å². The largest absolute Gasteiger partial charge is 0.356 e. The molecule has 0 spiro atoms. The summed E-state index contributed by atoms with van der Waals surface area (Å²) in [4.78, 5) is 39.4. The molecule has 0 aliphatic carbocycles. The summed E-state index contributed by atoms with van der Waals surface area (Å²) in [5, 5.41) is 5.03. The van der Waals surface area contributed by atoms with E-state index in [0.717, 1.165) is 16.8 Å². The molecule has 0 radical (unpaired) electrons. The smallest absolute Gasteiger partial charge is 0.325 e. The number of rotatable bonds is 6. The van der Waals surface area contributed by atoms with Crippen molar-refractivity contribution in [2.24, 2.45) is 7.05 Å². The third-order valence-electron chi connectivity index (χ3n) is 5.25. The first-order chi connectivity index (χ1) is 15.8. The molecule has 170 valence electrons. The zero-order valence-electron chi connectivity index (χ0n) is 18.1. The number of nitrogens with one attached hydrogen (secondary N) is 2. The van der Waals surface area contributed by atoms with Gasteiger partial charge in [0.1, 0.15) is 5.69 Å². The van der Waals surface area contributed by atoms with Crippen LogP contribution in [-0.2, 0) is 13.6 Å². The van der Waals surface area contributed by atoms with Gasteiger partial charge in [0.25, 0.3) is 0 Å².